The standard InChI is InChI=1S/C11H18ClNOS/c1-2-3-4-5-6-14-8-11-13-10(7-12)9-15-11/h9H,2-8H2,1H3. The molecule has 0 saturated carbocycles. The fourth-order valence-corrected chi connectivity index (χ4v) is 2.22. The average Bonchev–Trinajstić information content (AvgIpc) is 2.71. The minimum Gasteiger partial charge on any atom is -0.374 e. The van der Waals surface area contributed by atoms with E-state index in [1.54, 1.807) is 11.3 Å². The summed E-state index contributed by atoms with van der Waals surface area (Å²) in [5, 5.41) is 3.02. The predicted molar refractivity (Wildman–Crippen MR) is 65.5 cm³/mol. The number of hydrogen-bond donors (Lipinski definition) is 0. The first-order valence-electron chi connectivity index (χ1n) is 5.43. The maximum atomic E-state index is 5.66. The van der Waals surface area contributed by atoms with E-state index in [1.165, 1.54) is 19.3 Å². The molecule has 1 heterocycles. The summed E-state index contributed by atoms with van der Waals surface area (Å²) >= 11 is 7.28. The van der Waals surface area contributed by atoms with Crippen LogP contribution in [0, 0.1) is 0 Å². The third-order valence-corrected chi connectivity index (χ3v) is 3.25. The highest BCUT2D eigenvalue weighted by atomic mass is 35.5. The van der Waals surface area contributed by atoms with Gasteiger partial charge in [0.25, 0.3) is 0 Å². The van der Waals surface area contributed by atoms with Crippen LogP contribution in [0.5, 0.6) is 0 Å². The largest absolute Gasteiger partial charge is 0.374 e. The molecule has 0 amide bonds. The Morgan fingerprint density at radius 1 is 1.40 bits per heavy atom. The van der Waals surface area contributed by atoms with Crippen molar-refractivity contribution < 1.29 is 4.74 Å². The first-order chi connectivity index (χ1) is 7.36. The number of thiazole rings is 1. The molecule has 0 bridgehead atoms. The molecular formula is C11H18ClNOS. The Hall–Kier alpha value is -0.120. The van der Waals surface area contributed by atoms with Crippen molar-refractivity contribution in [2.45, 2.75) is 45.1 Å². The van der Waals surface area contributed by atoms with Crippen molar-refractivity contribution in [3.05, 3.63) is 16.1 Å². The number of nitrogens with zero attached hydrogens (tertiary/aromatic N) is 1. The van der Waals surface area contributed by atoms with E-state index in [-0.39, 0.29) is 0 Å². The van der Waals surface area contributed by atoms with E-state index in [2.05, 4.69) is 11.9 Å². The normalized spacial score (nSPS) is 10.8. The smallest absolute Gasteiger partial charge is 0.119 e. The highest BCUT2D eigenvalue weighted by Gasteiger charge is 2.00. The van der Waals surface area contributed by atoms with Crippen LogP contribution in [-0.2, 0) is 17.2 Å². The minimum atomic E-state index is 0.493. The lowest BCUT2D eigenvalue weighted by Crippen LogP contribution is -1.95. The quantitative estimate of drug-likeness (QED) is 0.512. The summed E-state index contributed by atoms with van der Waals surface area (Å²) in [6.45, 7) is 3.69. The van der Waals surface area contributed by atoms with Crippen molar-refractivity contribution in [2.75, 3.05) is 6.61 Å². The molecule has 0 atom stereocenters. The zero-order valence-electron chi connectivity index (χ0n) is 9.17. The van der Waals surface area contributed by atoms with Crippen molar-refractivity contribution in [2.24, 2.45) is 0 Å². The van der Waals surface area contributed by atoms with E-state index < -0.39 is 0 Å². The molecule has 0 radical (unpaired) electrons. The summed E-state index contributed by atoms with van der Waals surface area (Å²) < 4.78 is 5.53. The summed E-state index contributed by atoms with van der Waals surface area (Å²) in [6, 6.07) is 0. The molecular weight excluding hydrogens is 230 g/mol. The van der Waals surface area contributed by atoms with E-state index in [0.717, 1.165) is 23.7 Å². The molecule has 0 aliphatic carbocycles. The van der Waals surface area contributed by atoms with E-state index in [0.29, 0.717) is 12.5 Å². The molecule has 1 rings (SSSR count). The SMILES string of the molecule is CCCCCCOCc1nc(CCl)cs1. The Morgan fingerprint density at radius 2 is 2.27 bits per heavy atom. The second-order valence-electron chi connectivity index (χ2n) is 3.48. The number of ether oxygens (including phenoxy) is 1. The molecule has 2 nitrogen and oxygen atoms in total. The fraction of sp³-hybridized carbons (Fsp3) is 0.727. The van der Waals surface area contributed by atoms with Crippen molar-refractivity contribution in [3.63, 3.8) is 0 Å². The second-order valence-corrected chi connectivity index (χ2v) is 4.69. The van der Waals surface area contributed by atoms with E-state index >= 15 is 0 Å². The van der Waals surface area contributed by atoms with Crippen molar-refractivity contribution >= 4 is 22.9 Å². The van der Waals surface area contributed by atoms with Crippen LogP contribution in [0.1, 0.15) is 43.3 Å². The van der Waals surface area contributed by atoms with Gasteiger partial charge in [-0.2, -0.15) is 0 Å². The van der Waals surface area contributed by atoms with Gasteiger partial charge < -0.3 is 4.74 Å². The molecule has 15 heavy (non-hydrogen) atoms. The van der Waals surface area contributed by atoms with Gasteiger partial charge >= 0.3 is 0 Å². The van der Waals surface area contributed by atoms with Gasteiger partial charge in [0.05, 0.1) is 18.2 Å². The zero-order valence-corrected chi connectivity index (χ0v) is 10.7. The molecule has 1 aromatic rings. The van der Waals surface area contributed by atoms with Gasteiger partial charge in [-0.25, -0.2) is 4.98 Å². The first kappa shape index (κ1) is 12.9. The molecule has 0 aromatic carbocycles. The van der Waals surface area contributed by atoms with Gasteiger partial charge in [-0.3, -0.25) is 0 Å². The molecule has 86 valence electrons. The van der Waals surface area contributed by atoms with Crippen LogP contribution in [0.3, 0.4) is 0 Å². The lowest BCUT2D eigenvalue weighted by molar-refractivity contribution is 0.116. The average molecular weight is 248 g/mol. The number of unbranched alkanes of at least 4 members (excludes halogenated alkanes) is 3. The van der Waals surface area contributed by atoms with Crippen LogP contribution in [0.4, 0.5) is 0 Å². The Kier molecular flexibility index (Phi) is 6.98. The maximum Gasteiger partial charge on any atom is 0.119 e. The van der Waals surface area contributed by atoms with Gasteiger partial charge in [-0.1, -0.05) is 26.2 Å². The summed E-state index contributed by atoms with van der Waals surface area (Å²) in [4.78, 5) is 4.32. The number of rotatable bonds is 8. The zero-order chi connectivity index (χ0) is 10.9. The molecule has 4 heteroatoms. The lowest BCUT2D eigenvalue weighted by Gasteiger charge is -2.01. The number of halogens is 1. The van der Waals surface area contributed by atoms with Crippen molar-refractivity contribution in [1.29, 1.82) is 0 Å². The van der Waals surface area contributed by atoms with E-state index in [9.17, 15) is 0 Å². The van der Waals surface area contributed by atoms with Gasteiger partial charge in [0.15, 0.2) is 0 Å². The highest BCUT2D eigenvalue weighted by Crippen LogP contribution is 2.12. The lowest BCUT2D eigenvalue weighted by atomic mass is 10.2. The predicted octanol–water partition coefficient (Wildman–Crippen LogP) is 3.98. The van der Waals surface area contributed by atoms with Gasteiger partial charge in [-0.15, -0.1) is 22.9 Å². The van der Waals surface area contributed by atoms with Crippen LogP contribution in [0.15, 0.2) is 5.38 Å². The molecule has 0 N–H and O–H groups in total. The van der Waals surface area contributed by atoms with Crippen LogP contribution < -0.4 is 0 Å². The molecule has 1 aromatic heterocycles. The Bertz CT molecular complexity index is 265. The van der Waals surface area contributed by atoms with Crippen LogP contribution in [0.2, 0.25) is 0 Å². The number of alkyl halides is 1. The fourth-order valence-electron chi connectivity index (χ4n) is 1.27. The first-order valence-corrected chi connectivity index (χ1v) is 6.85. The maximum absolute atomic E-state index is 5.66. The van der Waals surface area contributed by atoms with Crippen LogP contribution >= 0.6 is 22.9 Å². The highest BCUT2D eigenvalue weighted by molar-refractivity contribution is 7.09. The molecule has 0 fully saturated rings. The Morgan fingerprint density at radius 3 is 2.93 bits per heavy atom. The summed E-state index contributed by atoms with van der Waals surface area (Å²) in [5.74, 6) is 0.493. The Labute approximate surface area is 101 Å². The molecule has 0 aliphatic rings. The van der Waals surface area contributed by atoms with Crippen molar-refractivity contribution in [3.8, 4) is 0 Å². The molecule has 0 spiro atoms. The van der Waals surface area contributed by atoms with Gasteiger partial charge in [0, 0.05) is 12.0 Å². The van der Waals surface area contributed by atoms with Crippen molar-refractivity contribution in [1.82, 2.24) is 4.98 Å². The topological polar surface area (TPSA) is 22.1 Å². The third-order valence-electron chi connectivity index (χ3n) is 2.10. The Balaban J connectivity index is 2.04. The number of hydrogen-bond acceptors (Lipinski definition) is 3. The van der Waals surface area contributed by atoms with E-state index in [4.69, 9.17) is 16.3 Å². The van der Waals surface area contributed by atoms with Crippen LogP contribution in [0.25, 0.3) is 0 Å². The minimum absolute atomic E-state index is 0.493. The summed E-state index contributed by atoms with van der Waals surface area (Å²) in [7, 11) is 0. The van der Waals surface area contributed by atoms with Gasteiger partial charge in [0.1, 0.15) is 5.01 Å². The molecule has 0 aliphatic heterocycles. The van der Waals surface area contributed by atoms with Crippen LogP contribution in [-0.4, -0.2) is 11.6 Å². The van der Waals surface area contributed by atoms with Gasteiger partial charge in [-0.05, 0) is 6.42 Å². The molecule has 0 saturated heterocycles. The summed E-state index contributed by atoms with van der Waals surface area (Å²) in [5.41, 5.74) is 0.950. The molecule has 0 unspecified atom stereocenters. The van der Waals surface area contributed by atoms with Gasteiger partial charge in [0.2, 0.25) is 0 Å². The second kappa shape index (κ2) is 8.08. The third kappa shape index (κ3) is 5.50. The number of aromatic nitrogens is 1. The summed E-state index contributed by atoms with van der Waals surface area (Å²) in [6.07, 6.45) is 4.99. The van der Waals surface area contributed by atoms with E-state index in [1.807, 2.05) is 5.38 Å². The monoisotopic (exact) mass is 247 g/mol.